The molecule has 1 aliphatic carbocycles. The summed E-state index contributed by atoms with van der Waals surface area (Å²) in [6, 6.07) is 6.24. The second kappa shape index (κ2) is 8.01. The molecule has 138 valence electrons. The van der Waals surface area contributed by atoms with Gasteiger partial charge in [-0.15, -0.1) is 12.4 Å². The number of amides is 1. The van der Waals surface area contributed by atoms with Gasteiger partial charge in [0, 0.05) is 51.2 Å². The van der Waals surface area contributed by atoms with Crippen LogP contribution in [0.3, 0.4) is 0 Å². The minimum atomic E-state index is 0. The Morgan fingerprint density at radius 2 is 1.92 bits per heavy atom. The van der Waals surface area contributed by atoms with E-state index >= 15 is 0 Å². The van der Waals surface area contributed by atoms with Crippen molar-refractivity contribution in [2.45, 2.75) is 24.8 Å². The fourth-order valence-corrected chi connectivity index (χ4v) is 4.59. The quantitative estimate of drug-likeness (QED) is 0.841. The Kier molecular flexibility index (Phi) is 6.17. The molecule has 1 amide bonds. The molecular weight excluding hydrogens is 381 g/mol. The fraction of sp³-hybridized carbons (Fsp3) is 0.611. The van der Waals surface area contributed by atoms with Crippen LogP contribution in [0.4, 0.5) is 0 Å². The molecule has 2 heterocycles. The number of benzene rings is 1. The topological polar surface area (TPSA) is 35.6 Å². The normalized spacial score (nSPS) is 29.4. The molecule has 0 bridgehead atoms. The van der Waals surface area contributed by atoms with Crippen LogP contribution in [0.5, 0.6) is 0 Å². The first-order chi connectivity index (χ1) is 11.6. The molecule has 3 aliphatic rings. The summed E-state index contributed by atoms with van der Waals surface area (Å²) in [4.78, 5) is 17.4. The van der Waals surface area contributed by atoms with Crippen LogP contribution in [-0.2, 0) is 4.79 Å². The average molecular weight is 405 g/mol. The Bertz CT molecular complexity index is 636. The summed E-state index contributed by atoms with van der Waals surface area (Å²) in [6.45, 7) is 6.07. The Hall–Kier alpha value is -0.520. The van der Waals surface area contributed by atoms with Crippen molar-refractivity contribution in [2.75, 3.05) is 39.3 Å². The highest BCUT2D eigenvalue weighted by Gasteiger charge is 2.48. The molecule has 2 saturated heterocycles. The predicted molar refractivity (Wildman–Crippen MR) is 104 cm³/mol. The van der Waals surface area contributed by atoms with Crippen molar-refractivity contribution in [3.05, 3.63) is 33.8 Å². The number of likely N-dealkylation sites (tertiary alicyclic amines) is 1. The van der Waals surface area contributed by atoms with Crippen molar-refractivity contribution < 1.29 is 4.79 Å². The number of carbonyl (C=O) groups excluding carboxylic acids is 1. The van der Waals surface area contributed by atoms with E-state index in [0.29, 0.717) is 22.0 Å². The van der Waals surface area contributed by atoms with Gasteiger partial charge in [0.1, 0.15) is 0 Å². The molecule has 2 aliphatic heterocycles. The van der Waals surface area contributed by atoms with Crippen LogP contribution in [0, 0.1) is 5.92 Å². The van der Waals surface area contributed by atoms with Crippen LogP contribution in [0.25, 0.3) is 0 Å². The lowest BCUT2D eigenvalue weighted by atomic mass is 10.1. The molecule has 0 spiro atoms. The van der Waals surface area contributed by atoms with Crippen molar-refractivity contribution in [1.82, 2.24) is 15.1 Å². The summed E-state index contributed by atoms with van der Waals surface area (Å²) >= 11 is 12.4. The van der Waals surface area contributed by atoms with Gasteiger partial charge in [0.2, 0.25) is 5.91 Å². The first kappa shape index (κ1) is 19.2. The van der Waals surface area contributed by atoms with Gasteiger partial charge in [-0.25, -0.2) is 0 Å². The van der Waals surface area contributed by atoms with Gasteiger partial charge in [0.05, 0.1) is 10.0 Å². The maximum Gasteiger partial charge on any atom is 0.226 e. The van der Waals surface area contributed by atoms with Crippen LogP contribution in [0.15, 0.2) is 18.2 Å². The molecule has 3 fully saturated rings. The maximum absolute atomic E-state index is 12.8. The van der Waals surface area contributed by atoms with E-state index < -0.39 is 0 Å². The third kappa shape index (κ3) is 3.93. The SMILES string of the molecule is Cl.O=C(C1CC1c1cccc(Cl)c1Cl)N1CCC(N2CCNCC2)C1. The number of carbonyl (C=O) groups is 1. The zero-order valence-electron chi connectivity index (χ0n) is 14.1. The molecular formula is C18H24Cl3N3O. The van der Waals surface area contributed by atoms with E-state index in [2.05, 4.69) is 15.1 Å². The Morgan fingerprint density at radius 3 is 2.68 bits per heavy atom. The summed E-state index contributed by atoms with van der Waals surface area (Å²) < 4.78 is 0. The second-order valence-corrected chi connectivity index (χ2v) is 7.89. The number of hydrogen-bond donors (Lipinski definition) is 1. The lowest BCUT2D eigenvalue weighted by Gasteiger charge is -2.32. The average Bonchev–Trinajstić information content (AvgIpc) is 3.24. The van der Waals surface area contributed by atoms with Crippen LogP contribution in [0.2, 0.25) is 10.0 Å². The smallest absolute Gasteiger partial charge is 0.226 e. The van der Waals surface area contributed by atoms with Crippen LogP contribution < -0.4 is 5.32 Å². The van der Waals surface area contributed by atoms with E-state index in [-0.39, 0.29) is 24.2 Å². The minimum absolute atomic E-state index is 0. The molecule has 7 heteroatoms. The molecule has 3 atom stereocenters. The van der Waals surface area contributed by atoms with E-state index in [0.717, 1.165) is 57.7 Å². The van der Waals surface area contributed by atoms with Gasteiger partial charge in [-0.2, -0.15) is 0 Å². The number of nitrogens with one attached hydrogen (secondary N) is 1. The van der Waals surface area contributed by atoms with Gasteiger partial charge >= 0.3 is 0 Å². The third-order valence-electron chi connectivity index (χ3n) is 5.63. The van der Waals surface area contributed by atoms with Crippen molar-refractivity contribution in [3.63, 3.8) is 0 Å². The fourth-order valence-electron chi connectivity index (χ4n) is 4.14. The highest BCUT2D eigenvalue weighted by molar-refractivity contribution is 6.42. The molecule has 1 saturated carbocycles. The standard InChI is InChI=1S/C18H23Cl2N3O.ClH/c19-16-3-1-2-13(17(16)20)14-10-15(14)18(24)23-7-4-12(11-23)22-8-5-21-6-9-22;/h1-3,12,14-15,21H,4-11H2;1H. The summed E-state index contributed by atoms with van der Waals surface area (Å²) in [7, 11) is 0. The highest BCUT2D eigenvalue weighted by Crippen LogP contribution is 2.51. The Labute approximate surface area is 165 Å². The molecule has 1 N–H and O–H groups in total. The van der Waals surface area contributed by atoms with Gasteiger partial charge in [-0.3, -0.25) is 9.69 Å². The molecule has 0 aromatic heterocycles. The molecule has 4 nitrogen and oxygen atoms in total. The largest absolute Gasteiger partial charge is 0.341 e. The highest BCUT2D eigenvalue weighted by atomic mass is 35.5. The monoisotopic (exact) mass is 403 g/mol. The number of nitrogens with zero attached hydrogens (tertiary/aromatic N) is 2. The molecule has 3 unspecified atom stereocenters. The van der Waals surface area contributed by atoms with Gasteiger partial charge < -0.3 is 10.2 Å². The van der Waals surface area contributed by atoms with Gasteiger partial charge in [-0.1, -0.05) is 35.3 Å². The van der Waals surface area contributed by atoms with Crippen molar-refractivity contribution in [1.29, 1.82) is 0 Å². The van der Waals surface area contributed by atoms with E-state index in [1.54, 1.807) is 6.07 Å². The molecule has 0 radical (unpaired) electrons. The number of piperazine rings is 1. The van der Waals surface area contributed by atoms with E-state index in [1.165, 1.54) is 0 Å². The number of halogens is 3. The van der Waals surface area contributed by atoms with Gasteiger partial charge in [-0.05, 0) is 30.4 Å². The Balaban J connectivity index is 0.00000182. The van der Waals surface area contributed by atoms with Crippen LogP contribution >= 0.6 is 35.6 Å². The molecule has 4 rings (SSSR count). The van der Waals surface area contributed by atoms with E-state index in [4.69, 9.17) is 23.2 Å². The van der Waals surface area contributed by atoms with Crippen molar-refractivity contribution in [3.8, 4) is 0 Å². The van der Waals surface area contributed by atoms with Crippen LogP contribution in [-0.4, -0.2) is 61.0 Å². The zero-order chi connectivity index (χ0) is 16.7. The lowest BCUT2D eigenvalue weighted by molar-refractivity contribution is -0.131. The summed E-state index contributed by atoms with van der Waals surface area (Å²) in [5.74, 6) is 0.623. The van der Waals surface area contributed by atoms with Gasteiger partial charge in [0.15, 0.2) is 0 Å². The maximum atomic E-state index is 12.8. The molecule has 25 heavy (non-hydrogen) atoms. The summed E-state index contributed by atoms with van der Waals surface area (Å²) in [5, 5.41) is 4.58. The predicted octanol–water partition coefficient (Wildman–Crippen LogP) is 3.02. The van der Waals surface area contributed by atoms with Gasteiger partial charge in [0.25, 0.3) is 0 Å². The summed E-state index contributed by atoms with van der Waals surface area (Å²) in [5.41, 5.74) is 1.03. The minimum Gasteiger partial charge on any atom is -0.341 e. The number of rotatable bonds is 3. The van der Waals surface area contributed by atoms with E-state index in [9.17, 15) is 4.79 Å². The third-order valence-corrected chi connectivity index (χ3v) is 6.47. The Morgan fingerprint density at radius 1 is 1.16 bits per heavy atom. The molecule has 1 aromatic carbocycles. The second-order valence-electron chi connectivity index (χ2n) is 7.10. The number of hydrogen-bond acceptors (Lipinski definition) is 3. The van der Waals surface area contributed by atoms with Crippen LogP contribution in [0.1, 0.15) is 24.3 Å². The van der Waals surface area contributed by atoms with Crippen molar-refractivity contribution in [2.24, 2.45) is 5.92 Å². The lowest BCUT2D eigenvalue weighted by Crippen LogP contribution is -2.49. The first-order valence-corrected chi connectivity index (χ1v) is 9.58. The first-order valence-electron chi connectivity index (χ1n) is 8.82. The van der Waals surface area contributed by atoms with E-state index in [1.807, 2.05) is 12.1 Å². The van der Waals surface area contributed by atoms with Crippen molar-refractivity contribution >= 4 is 41.5 Å². The molecule has 1 aromatic rings. The summed E-state index contributed by atoms with van der Waals surface area (Å²) in [6.07, 6.45) is 1.99. The zero-order valence-corrected chi connectivity index (χ0v) is 16.4.